The minimum Gasteiger partial charge on any atom is -0.378 e. The second-order valence-corrected chi connectivity index (χ2v) is 8.26. The molecule has 0 spiro atoms. The second kappa shape index (κ2) is 8.19. The molecule has 3 aliphatic rings. The molecule has 29 heavy (non-hydrogen) atoms. The molecule has 4 heterocycles. The lowest BCUT2D eigenvalue weighted by atomic mass is 9.87. The Labute approximate surface area is 172 Å². The van der Waals surface area contributed by atoms with Crippen LogP contribution in [-0.2, 0) is 4.74 Å². The maximum Gasteiger partial charge on any atom is 0.130 e. The normalized spacial score (nSPS) is 25.1. The Hall–Kier alpha value is -2.34. The van der Waals surface area contributed by atoms with Crippen LogP contribution in [0.4, 0.5) is 21.6 Å². The average Bonchev–Trinajstić information content (AvgIpc) is 2.79. The summed E-state index contributed by atoms with van der Waals surface area (Å²) in [6.45, 7) is 5.48. The number of piperidine rings is 2. The predicted molar refractivity (Wildman–Crippen MR) is 114 cm³/mol. The number of halogens is 1. The zero-order chi connectivity index (χ0) is 19.6. The monoisotopic (exact) mass is 396 g/mol. The molecule has 3 fully saturated rings. The zero-order valence-corrected chi connectivity index (χ0v) is 16.8. The second-order valence-electron chi connectivity index (χ2n) is 8.26. The first-order valence-corrected chi connectivity index (χ1v) is 10.9. The Kier molecular flexibility index (Phi) is 5.27. The van der Waals surface area contributed by atoms with Gasteiger partial charge in [-0.25, -0.2) is 9.37 Å². The van der Waals surface area contributed by atoms with Crippen LogP contribution in [0.15, 0.2) is 42.6 Å². The van der Waals surface area contributed by atoms with Crippen LogP contribution in [0.5, 0.6) is 0 Å². The summed E-state index contributed by atoms with van der Waals surface area (Å²) in [5.41, 5.74) is 2.25. The first kappa shape index (κ1) is 18.7. The third kappa shape index (κ3) is 3.78. The van der Waals surface area contributed by atoms with Crippen LogP contribution < -0.4 is 14.7 Å². The number of nitrogens with zero attached hydrogens (tertiary/aromatic N) is 4. The molecular weight excluding hydrogens is 367 g/mol. The van der Waals surface area contributed by atoms with Crippen molar-refractivity contribution in [3.8, 4) is 0 Å². The van der Waals surface area contributed by atoms with Crippen LogP contribution >= 0.6 is 0 Å². The summed E-state index contributed by atoms with van der Waals surface area (Å²) in [6.07, 6.45) is 6.52. The van der Waals surface area contributed by atoms with Crippen LogP contribution in [-0.4, -0.2) is 56.5 Å². The molecule has 2 atom stereocenters. The van der Waals surface area contributed by atoms with Crippen molar-refractivity contribution >= 4 is 17.2 Å². The quantitative estimate of drug-likeness (QED) is 0.790. The molecular formula is C23H29FN4O. The first-order valence-electron chi connectivity index (χ1n) is 10.9. The number of pyridine rings is 1. The summed E-state index contributed by atoms with van der Waals surface area (Å²) in [7, 11) is 0. The van der Waals surface area contributed by atoms with E-state index in [1.807, 2.05) is 18.3 Å². The van der Waals surface area contributed by atoms with Crippen LogP contribution in [0.1, 0.15) is 25.7 Å². The lowest BCUT2D eigenvalue weighted by Crippen LogP contribution is -2.59. The molecule has 0 bridgehead atoms. The van der Waals surface area contributed by atoms with Crippen molar-refractivity contribution in [2.45, 2.75) is 37.8 Å². The zero-order valence-electron chi connectivity index (χ0n) is 16.8. The number of benzene rings is 1. The van der Waals surface area contributed by atoms with E-state index in [2.05, 4.69) is 26.8 Å². The number of rotatable bonds is 3. The molecule has 2 aromatic rings. The molecule has 0 aliphatic carbocycles. The van der Waals surface area contributed by atoms with Gasteiger partial charge in [-0.3, -0.25) is 0 Å². The Balaban J connectivity index is 1.40. The summed E-state index contributed by atoms with van der Waals surface area (Å²) in [5, 5.41) is 0. The Morgan fingerprint density at radius 2 is 1.62 bits per heavy atom. The van der Waals surface area contributed by atoms with Crippen LogP contribution in [0.3, 0.4) is 0 Å². The lowest BCUT2D eigenvalue weighted by Gasteiger charge is -2.50. The maximum absolute atomic E-state index is 13.8. The number of aromatic nitrogens is 1. The average molecular weight is 397 g/mol. The van der Waals surface area contributed by atoms with E-state index in [0.29, 0.717) is 12.1 Å². The molecule has 3 saturated heterocycles. The smallest absolute Gasteiger partial charge is 0.130 e. The highest BCUT2D eigenvalue weighted by Gasteiger charge is 2.38. The summed E-state index contributed by atoms with van der Waals surface area (Å²) in [5.74, 6) is 0.918. The van der Waals surface area contributed by atoms with Crippen LogP contribution in [0.25, 0.3) is 0 Å². The fourth-order valence-electron chi connectivity index (χ4n) is 5.23. The Morgan fingerprint density at radius 3 is 2.41 bits per heavy atom. The van der Waals surface area contributed by atoms with E-state index in [-0.39, 0.29) is 5.82 Å². The van der Waals surface area contributed by atoms with Crippen LogP contribution in [0.2, 0.25) is 0 Å². The van der Waals surface area contributed by atoms with Gasteiger partial charge in [-0.2, -0.15) is 0 Å². The highest BCUT2D eigenvalue weighted by atomic mass is 19.1. The molecule has 5 rings (SSSR count). The van der Waals surface area contributed by atoms with E-state index in [1.54, 1.807) is 6.07 Å². The largest absolute Gasteiger partial charge is 0.378 e. The van der Waals surface area contributed by atoms with E-state index in [9.17, 15) is 4.39 Å². The third-order valence-corrected chi connectivity index (χ3v) is 6.58. The molecule has 6 heteroatoms. The molecule has 3 aliphatic heterocycles. The molecule has 5 nitrogen and oxygen atoms in total. The third-order valence-electron chi connectivity index (χ3n) is 6.58. The highest BCUT2D eigenvalue weighted by Crippen LogP contribution is 2.36. The van der Waals surface area contributed by atoms with Gasteiger partial charge in [0.25, 0.3) is 0 Å². The standard InChI is InChI=1S/C23H29FN4O/c24-18-4-1-5-20(16-18)27-10-2-7-22-21(27)6-3-11-28(22)23-17-19(8-9-25-23)26-12-14-29-15-13-26/h1,4-5,8-9,16-17,21-22H,2-3,6-7,10-15H2/t21-,22-/m1/s1. The van der Waals surface area contributed by atoms with Gasteiger partial charge in [0, 0.05) is 55.9 Å². The first-order chi connectivity index (χ1) is 14.3. The number of hydrogen-bond donors (Lipinski definition) is 0. The van der Waals surface area contributed by atoms with E-state index in [4.69, 9.17) is 9.72 Å². The molecule has 0 unspecified atom stereocenters. The number of morpholine rings is 1. The van der Waals surface area contributed by atoms with E-state index >= 15 is 0 Å². The fourth-order valence-corrected chi connectivity index (χ4v) is 5.23. The van der Waals surface area contributed by atoms with Crippen molar-refractivity contribution in [3.05, 3.63) is 48.4 Å². The minimum atomic E-state index is -0.155. The maximum atomic E-state index is 13.8. The van der Waals surface area contributed by atoms with Gasteiger partial charge in [-0.1, -0.05) is 6.07 Å². The number of hydrogen-bond acceptors (Lipinski definition) is 5. The van der Waals surface area contributed by atoms with Crippen molar-refractivity contribution in [2.24, 2.45) is 0 Å². The Morgan fingerprint density at radius 1 is 0.862 bits per heavy atom. The van der Waals surface area contributed by atoms with Gasteiger partial charge < -0.3 is 19.4 Å². The molecule has 154 valence electrons. The van der Waals surface area contributed by atoms with Gasteiger partial charge in [-0.05, 0) is 49.9 Å². The van der Waals surface area contributed by atoms with Crippen molar-refractivity contribution in [1.82, 2.24) is 4.98 Å². The molecule has 1 aromatic heterocycles. The van der Waals surface area contributed by atoms with E-state index in [0.717, 1.165) is 70.2 Å². The number of ether oxygens (including phenoxy) is 1. The van der Waals surface area contributed by atoms with Crippen LogP contribution in [0, 0.1) is 5.82 Å². The summed E-state index contributed by atoms with van der Waals surface area (Å²) in [4.78, 5) is 12.1. The minimum absolute atomic E-state index is 0.155. The van der Waals surface area contributed by atoms with Gasteiger partial charge in [-0.15, -0.1) is 0 Å². The van der Waals surface area contributed by atoms with Gasteiger partial charge in [0.2, 0.25) is 0 Å². The fraction of sp³-hybridized carbons (Fsp3) is 0.522. The lowest BCUT2D eigenvalue weighted by molar-refractivity contribution is 0.122. The van der Waals surface area contributed by atoms with Gasteiger partial charge in [0.15, 0.2) is 0 Å². The van der Waals surface area contributed by atoms with Gasteiger partial charge >= 0.3 is 0 Å². The summed E-state index contributed by atoms with van der Waals surface area (Å²) < 4.78 is 19.3. The predicted octanol–water partition coefficient (Wildman–Crippen LogP) is 3.70. The molecule has 0 radical (unpaired) electrons. The van der Waals surface area contributed by atoms with Gasteiger partial charge in [0.1, 0.15) is 11.6 Å². The van der Waals surface area contributed by atoms with E-state index in [1.165, 1.54) is 18.2 Å². The summed E-state index contributed by atoms with van der Waals surface area (Å²) in [6, 6.07) is 12.3. The van der Waals surface area contributed by atoms with Gasteiger partial charge in [0.05, 0.1) is 19.3 Å². The van der Waals surface area contributed by atoms with Crippen molar-refractivity contribution < 1.29 is 9.13 Å². The molecule has 1 aromatic carbocycles. The summed E-state index contributed by atoms with van der Waals surface area (Å²) >= 11 is 0. The molecule has 0 saturated carbocycles. The van der Waals surface area contributed by atoms with Crippen molar-refractivity contribution in [3.63, 3.8) is 0 Å². The number of fused-ring (bicyclic) bond motifs is 1. The van der Waals surface area contributed by atoms with Crippen molar-refractivity contribution in [1.29, 1.82) is 0 Å². The van der Waals surface area contributed by atoms with E-state index < -0.39 is 0 Å². The molecule has 0 N–H and O–H groups in total. The highest BCUT2D eigenvalue weighted by molar-refractivity contribution is 5.57. The molecule has 0 amide bonds. The number of anilines is 3. The van der Waals surface area contributed by atoms with Crippen molar-refractivity contribution in [2.75, 3.05) is 54.1 Å². The SMILES string of the molecule is Fc1cccc(N2CCC[C@@H]3[C@H]2CCCN3c2cc(N3CCOCC3)ccn2)c1. The Bertz CT molecular complexity index is 841. The topological polar surface area (TPSA) is 31.8 Å².